The quantitative estimate of drug-likeness (QED) is 0.866. The van der Waals surface area contributed by atoms with Crippen LogP contribution in [-0.2, 0) is 12.6 Å². The first-order valence-corrected chi connectivity index (χ1v) is 5.22. The van der Waals surface area contributed by atoms with Crippen molar-refractivity contribution in [3.8, 4) is 0 Å². The predicted molar refractivity (Wildman–Crippen MR) is 59.0 cm³/mol. The Kier molecular flexibility index (Phi) is 2.76. The van der Waals surface area contributed by atoms with Gasteiger partial charge >= 0.3 is 6.18 Å². The molecule has 1 amide bonds. The lowest BCUT2D eigenvalue weighted by Gasteiger charge is -2.08. The molecule has 0 saturated carbocycles. The number of primary amides is 1. The van der Waals surface area contributed by atoms with Crippen LogP contribution in [0.4, 0.5) is 13.2 Å². The van der Waals surface area contributed by atoms with Crippen molar-refractivity contribution < 1.29 is 18.0 Å². The Balaban J connectivity index is 2.81. The monoisotopic (exact) mass is 257 g/mol. The normalized spacial score (nSPS) is 12.0. The van der Waals surface area contributed by atoms with E-state index in [2.05, 4.69) is 9.97 Å². The Morgan fingerprint density at radius 1 is 1.50 bits per heavy atom. The molecule has 0 aliphatic carbocycles. The maximum absolute atomic E-state index is 12.7. The van der Waals surface area contributed by atoms with Crippen LogP contribution in [0.15, 0.2) is 12.3 Å². The van der Waals surface area contributed by atoms with E-state index in [-0.39, 0.29) is 16.6 Å². The number of rotatable bonds is 2. The van der Waals surface area contributed by atoms with E-state index in [0.717, 1.165) is 0 Å². The molecule has 0 aliphatic rings. The Morgan fingerprint density at radius 3 is 2.67 bits per heavy atom. The second-order valence-electron chi connectivity index (χ2n) is 3.81. The fourth-order valence-electron chi connectivity index (χ4n) is 1.76. The van der Waals surface area contributed by atoms with Gasteiger partial charge in [0.05, 0.1) is 16.6 Å². The van der Waals surface area contributed by atoms with Gasteiger partial charge in [-0.2, -0.15) is 13.2 Å². The third-order valence-corrected chi connectivity index (χ3v) is 2.65. The number of nitrogens with one attached hydrogen (secondary N) is 1. The van der Waals surface area contributed by atoms with Crippen molar-refractivity contribution in [3.05, 3.63) is 29.1 Å². The Labute approximate surface area is 100.0 Å². The molecule has 0 aliphatic heterocycles. The highest BCUT2D eigenvalue weighted by atomic mass is 19.4. The van der Waals surface area contributed by atoms with E-state index in [0.29, 0.717) is 18.1 Å². The molecule has 2 aromatic rings. The van der Waals surface area contributed by atoms with Crippen LogP contribution >= 0.6 is 0 Å². The summed E-state index contributed by atoms with van der Waals surface area (Å²) in [6.07, 6.45) is -2.57. The standard InChI is InChI=1S/C11H10F3N3O/c1-2-5-4-16-9-6(10(15)18)3-7(11(12,13)14)17-8(5)9/h3-4,16H,2H2,1H3,(H2,15,18). The van der Waals surface area contributed by atoms with E-state index in [1.165, 1.54) is 6.20 Å². The molecular weight excluding hydrogens is 247 g/mol. The number of aryl methyl sites for hydroxylation is 1. The van der Waals surface area contributed by atoms with E-state index in [1.807, 2.05) is 0 Å². The number of fused-ring (bicyclic) bond motifs is 1. The van der Waals surface area contributed by atoms with Crippen LogP contribution in [0.5, 0.6) is 0 Å². The van der Waals surface area contributed by atoms with E-state index < -0.39 is 17.8 Å². The molecule has 0 unspecified atom stereocenters. The van der Waals surface area contributed by atoms with Gasteiger partial charge in [0.1, 0.15) is 5.69 Å². The Hall–Kier alpha value is -2.05. The molecule has 2 aromatic heterocycles. The van der Waals surface area contributed by atoms with Gasteiger partial charge in [-0.3, -0.25) is 4.79 Å². The van der Waals surface area contributed by atoms with Crippen molar-refractivity contribution >= 4 is 16.9 Å². The third-order valence-electron chi connectivity index (χ3n) is 2.65. The van der Waals surface area contributed by atoms with Gasteiger partial charge in [-0.25, -0.2) is 4.98 Å². The summed E-state index contributed by atoms with van der Waals surface area (Å²) in [5.41, 5.74) is 4.77. The van der Waals surface area contributed by atoms with Crippen LogP contribution in [0.3, 0.4) is 0 Å². The van der Waals surface area contributed by atoms with Crippen LogP contribution in [0.2, 0.25) is 0 Å². The number of halogens is 3. The summed E-state index contributed by atoms with van der Waals surface area (Å²) in [4.78, 5) is 17.5. The van der Waals surface area contributed by atoms with Gasteiger partial charge in [0.25, 0.3) is 5.91 Å². The maximum atomic E-state index is 12.7. The summed E-state index contributed by atoms with van der Waals surface area (Å²) in [5, 5.41) is 0. The second kappa shape index (κ2) is 4.01. The number of amides is 1. The average molecular weight is 257 g/mol. The lowest BCUT2D eigenvalue weighted by molar-refractivity contribution is -0.140. The minimum Gasteiger partial charge on any atom is -0.366 e. The summed E-state index contributed by atoms with van der Waals surface area (Å²) in [6.45, 7) is 1.79. The van der Waals surface area contributed by atoms with Crippen LogP contribution in [0.25, 0.3) is 11.0 Å². The lowest BCUT2D eigenvalue weighted by atomic mass is 10.1. The van der Waals surface area contributed by atoms with Crippen molar-refractivity contribution in [1.82, 2.24) is 9.97 Å². The van der Waals surface area contributed by atoms with Gasteiger partial charge in [0.15, 0.2) is 0 Å². The molecule has 7 heteroatoms. The molecule has 96 valence electrons. The summed E-state index contributed by atoms with van der Waals surface area (Å²) >= 11 is 0. The molecule has 0 saturated heterocycles. The number of hydrogen-bond donors (Lipinski definition) is 2. The van der Waals surface area contributed by atoms with Crippen LogP contribution in [-0.4, -0.2) is 15.9 Å². The number of hydrogen-bond acceptors (Lipinski definition) is 2. The lowest BCUT2D eigenvalue weighted by Crippen LogP contribution is -2.15. The van der Waals surface area contributed by atoms with Crippen molar-refractivity contribution in [1.29, 1.82) is 0 Å². The van der Waals surface area contributed by atoms with Crippen LogP contribution in [0, 0.1) is 0 Å². The molecule has 2 heterocycles. The molecular formula is C11H10F3N3O. The van der Waals surface area contributed by atoms with E-state index in [4.69, 9.17) is 5.73 Å². The highest BCUT2D eigenvalue weighted by molar-refractivity contribution is 6.04. The molecule has 0 atom stereocenters. The molecule has 4 nitrogen and oxygen atoms in total. The number of nitrogens with two attached hydrogens (primary N) is 1. The number of aromatic nitrogens is 2. The molecule has 0 spiro atoms. The van der Waals surface area contributed by atoms with E-state index in [9.17, 15) is 18.0 Å². The van der Waals surface area contributed by atoms with Gasteiger partial charge in [0.2, 0.25) is 0 Å². The third kappa shape index (κ3) is 1.92. The van der Waals surface area contributed by atoms with E-state index >= 15 is 0 Å². The summed E-state index contributed by atoms with van der Waals surface area (Å²) < 4.78 is 38.0. The van der Waals surface area contributed by atoms with Gasteiger partial charge in [-0.05, 0) is 18.1 Å². The van der Waals surface area contributed by atoms with Gasteiger partial charge in [0, 0.05) is 6.20 Å². The first-order valence-electron chi connectivity index (χ1n) is 5.22. The molecule has 3 N–H and O–H groups in total. The largest absolute Gasteiger partial charge is 0.433 e. The summed E-state index contributed by atoms with van der Waals surface area (Å²) in [7, 11) is 0. The predicted octanol–water partition coefficient (Wildman–Crippen LogP) is 2.24. The average Bonchev–Trinajstić information content (AvgIpc) is 2.68. The number of carbonyl (C=O) groups excluding carboxylic acids is 1. The maximum Gasteiger partial charge on any atom is 0.433 e. The molecule has 0 fully saturated rings. The first kappa shape index (κ1) is 12.4. The number of nitrogens with zero attached hydrogens (tertiary/aromatic N) is 1. The number of carbonyl (C=O) groups is 1. The molecule has 2 rings (SSSR count). The molecule has 0 bridgehead atoms. The van der Waals surface area contributed by atoms with Crippen molar-refractivity contribution in [2.24, 2.45) is 5.73 Å². The SMILES string of the molecule is CCc1c[nH]c2c(C(N)=O)cc(C(F)(F)F)nc12. The Morgan fingerprint density at radius 2 is 2.17 bits per heavy atom. The number of H-pyrrole nitrogens is 1. The van der Waals surface area contributed by atoms with Gasteiger partial charge in [-0.15, -0.1) is 0 Å². The first-order chi connectivity index (χ1) is 8.34. The summed E-state index contributed by atoms with van der Waals surface area (Å²) in [6, 6.07) is 0.667. The highest BCUT2D eigenvalue weighted by Gasteiger charge is 2.34. The smallest absolute Gasteiger partial charge is 0.366 e. The zero-order chi connectivity index (χ0) is 13.5. The number of pyridine rings is 1. The Bertz CT molecular complexity index is 616. The van der Waals surface area contributed by atoms with Gasteiger partial charge in [-0.1, -0.05) is 6.92 Å². The molecule has 18 heavy (non-hydrogen) atoms. The fourth-order valence-corrected chi connectivity index (χ4v) is 1.76. The zero-order valence-corrected chi connectivity index (χ0v) is 9.43. The number of alkyl halides is 3. The summed E-state index contributed by atoms with van der Waals surface area (Å²) in [5.74, 6) is -0.919. The highest BCUT2D eigenvalue weighted by Crippen LogP contribution is 2.31. The second-order valence-corrected chi connectivity index (χ2v) is 3.81. The molecule has 0 aromatic carbocycles. The van der Waals surface area contributed by atoms with E-state index in [1.54, 1.807) is 6.92 Å². The van der Waals surface area contributed by atoms with Crippen molar-refractivity contribution in [3.63, 3.8) is 0 Å². The fraction of sp³-hybridized carbons (Fsp3) is 0.273. The number of aromatic amines is 1. The van der Waals surface area contributed by atoms with Gasteiger partial charge < -0.3 is 10.7 Å². The topological polar surface area (TPSA) is 71.8 Å². The molecule has 0 radical (unpaired) electrons. The minimum absolute atomic E-state index is 0.140. The van der Waals surface area contributed by atoms with Crippen molar-refractivity contribution in [2.75, 3.05) is 0 Å². The van der Waals surface area contributed by atoms with Crippen LogP contribution < -0.4 is 5.73 Å². The zero-order valence-electron chi connectivity index (χ0n) is 9.43. The minimum atomic E-state index is -4.61. The van der Waals surface area contributed by atoms with Crippen molar-refractivity contribution in [2.45, 2.75) is 19.5 Å². The van der Waals surface area contributed by atoms with Crippen LogP contribution in [0.1, 0.15) is 28.5 Å².